The highest BCUT2D eigenvalue weighted by atomic mass is 16.7. The molecule has 5 heterocycles. The maximum atomic E-state index is 14.3. The Kier molecular flexibility index (Phi) is 7.29. The Bertz CT molecular complexity index is 1580. The van der Waals surface area contributed by atoms with Gasteiger partial charge in [-0.1, -0.05) is 60.7 Å². The first-order valence-corrected chi connectivity index (χ1v) is 15.2. The highest BCUT2D eigenvalue weighted by Crippen LogP contribution is 2.40. The van der Waals surface area contributed by atoms with Crippen molar-refractivity contribution in [2.24, 2.45) is 5.92 Å². The predicted molar refractivity (Wildman–Crippen MR) is 165 cm³/mol. The number of methoxy groups -OCH3 is 2. The molecule has 5 aliphatic rings. The monoisotopic (exact) mass is 578 g/mol. The number of carbonyl (C=O) groups is 2. The molecule has 1 unspecified atom stereocenters. The van der Waals surface area contributed by atoms with E-state index in [-0.39, 0.29) is 23.8 Å². The van der Waals surface area contributed by atoms with Crippen LogP contribution in [0.2, 0.25) is 0 Å². The standard InChI is InChI=1S/C35H38N4O4/c1-42-35(43-2)20-26(12-14-29(35)24-8-4-3-5-9-24)34(41)39-22-28-13-15-32(38(28)21-27-10-6-7-11-31(27)39)33(40)36-30-23-37-18-16-25(30)17-19-37/h3-15,20,25,29-30H,16-19,21-23H2,1-2H3,(H,36,40)/t29?,30-/m1/s1. The number of nitrogens with one attached hydrogen (secondary N) is 1. The van der Waals surface area contributed by atoms with Crippen LogP contribution in [0.25, 0.3) is 0 Å². The number of para-hydroxylation sites is 1. The van der Waals surface area contributed by atoms with E-state index in [1.807, 2.05) is 78.9 Å². The second-order valence-corrected chi connectivity index (χ2v) is 12.0. The predicted octanol–water partition coefficient (Wildman–Crippen LogP) is 4.48. The molecular formula is C35H38N4O4. The molecule has 8 heteroatoms. The van der Waals surface area contributed by atoms with Gasteiger partial charge >= 0.3 is 0 Å². The van der Waals surface area contributed by atoms with Crippen molar-refractivity contribution in [1.82, 2.24) is 14.8 Å². The summed E-state index contributed by atoms with van der Waals surface area (Å²) in [5.41, 5.74) is 4.89. The van der Waals surface area contributed by atoms with Crippen LogP contribution in [0.15, 0.2) is 90.5 Å². The van der Waals surface area contributed by atoms with Gasteiger partial charge < -0.3 is 29.2 Å². The van der Waals surface area contributed by atoms with Crippen LogP contribution >= 0.6 is 0 Å². The molecule has 1 N–H and O–H groups in total. The molecule has 8 rings (SSSR count). The van der Waals surface area contributed by atoms with Crippen molar-refractivity contribution >= 4 is 17.5 Å². The Morgan fingerprint density at radius 3 is 2.37 bits per heavy atom. The van der Waals surface area contributed by atoms with Gasteiger partial charge in [-0.25, -0.2) is 0 Å². The lowest BCUT2D eigenvalue weighted by atomic mass is 9.84. The zero-order valence-electron chi connectivity index (χ0n) is 24.7. The number of carbonyl (C=O) groups excluding carboxylic acids is 2. The van der Waals surface area contributed by atoms with Crippen LogP contribution in [-0.4, -0.2) is 67.0 Å². The number of hydrogen-bond acceptors (Lipinski definition) is 5. The third-order valence-corrected chi connectivity index (χ3v) is 9.75. The summed E-state index contributed by atoms with van der Waals surface area (Å²) in [6.07, 6.45) is 7.94. The lowest BCUT2D eigenvalue weighted by molar-refractivity contribution is -0.179. The molecule has 4 aliphatic heterocycles. The molecule has 2 atom stereocenters. The first kappa shape index (κ1) is 27.8. The molecule has 1 aromatic heterocycles. The van der Waals surface area contributed by atoms with E-state index in [2.05, 4.69) is 14.8 Å². The van der Waals surface area contributed by atoms with E-state index in [9.17, 15) is 9.59 Å². The molecule has 222 valence electrons. The summed E-state index contributed by atoms with van der Waals surface area (Å²) in [5, 5.41) is 3.34. The van der Waals surface area contributed by atoms with Crippen molar-refractivity contribution in [3.8, 4) is 0 Å². The quantitative estimate of drug-likeness (QED) is 0.437. The number of anilines is 1. The smallest absolute Gasteiger partial charge is 0.268 e. The SMILES string of the molecule is COC1(OC)C=C(C(=O)N2Cc3ccc(C(=O)N[C@@H]4CN5CCC4CC5)n3Cc3ccccc32)C=CC1c1ccccc1. The summed E-state index contributed by atoms with van der Waals surface area (Å²) in [6.45, 7) is 4.03. The van der Waals surface area contributed by atoms with Crippen molar-refractivity contribution in [3.63, 3.8) is 0 Å². The van der Waals surface area contributed by atoms with E-state index in [0.717, 1.165) is 55.0 Å². The summed E-state index contributed by atoms with van der Waals surface area (Å²) >= 11 is 0. The molecule has 0 spiro atoms. The molecule has 3 saturated heterocycles. The molecule has 3 fully saturated rings. The fraction of sp³-hybridized carbons (Fsp3) is 0.371. The lowest BCUT2D eigenvalue weighted by Gasteiger charge is -2.44. The van der Waals surface area contributed by atoms with Crippen LogP contribution in [0, 0.1) is 5.92 Å². The Balaban J connectivity index is 1.19. The summed E-state index contributed by atoms with van der Waals surface area (Å²) in [7, 11) is 3.21. The summed E-state index contributed by atoms with van der Waals surface area (Å²) in [4.78, 5) is 32.2. The molecule has 2 amide bonds. The van der Waals surface area contributed by atoms with E-state index < -0.39 is 5.79 Å². The molecule has 3 aromatic rings. The fourth-order valence-electron chi connectivity index (χ4n) is 7.35. The maximum Gasteiger partial charge on any atom is 0.268 e. The van der Waals surface area contributed by atoms with Crippen LogP contribution in [0.4, 0.5) is 5.69 Å². The molecule has 8 nitrogen and oxygen atoms in total. The molecular weight excluding hydrogens is 540 g/mol. The lowest BCUT2D eigenvalue weighted by Crippen LogP contribution is -2.57. The first-order chi connectivity index (χ1) is 21.0. The topological polar surface area (TPSA) is 76.0 Å². The van der Waals surface area contributed by atoms with E-state index >= 15 is 0 Å². The second-order valence-electron chi connectivity index (χ2n) is 12.0. The number of nitrogens with zero attached hydrogens (tertiary/aromatic N) is 3. The number of fused-ring (bicyclic) bond motifs is 5. The van der Waals surface area contributed by atoms with E-state index in [1.54, 1.807) is 25.2 Å². The van der Waals surface area contributed by atoms with Crippen LogP contribution < -0.4 is 10.2 Å². The van der Waals surface area contributed by atoms with E-state index in [0.29, 0.717) is 30.3 Å². The number of hydrogen-bond donors (Lipinski definition) is 1. The van der Waals surface area contributed by atoms with Crippen molar-refractivity contribution in [2.45, 2.75) is 43.7 Å². The van der Waals surface area contributed by atoms with Gasteiger partial charge in [-0.15, -0.1) is 0 Å². The molecule has 0 radical (unpaired) electrons. The third-order valence-electron chi connectivity index (χ3n) is 9.75. The number of amides is 2. The van der Waals surface area contributed by atoms with Gasteiger partial charge in [0.25, 0.3) is 11.8 Å². The molecule has 0 saturated carbocycles. The number of aromatic nitrogens is 1. The molecule has 2 aromatic carbocycles. The minimum absolute atomic E-state index is 0.0443. The number of piperidine rings is 3. The Morgan fingerprint density at radius 1 is 0.907 bits per heavy atom. The Morgan fingerprint density at radius 2 is 1.65 bits per heavy atom. The largest absolute Gasteiger partial charge is 0.349 e. The van der Waals surface area contributed by atoms with Gasteiger partial charge in [0, 0.05) is 43.8 Å². The molecule has 43 heavy (non-hydrogen) atoms. The number of rotatable bonds is 6. The van der Waals surface area contributed by atoms with Gasteiger partial charge in [-0.05, 0) is 67.3 Å². The normalized spacial score (nSPS) is 25.3. The van der Waals surface area contributed by atoms with Crippen molar-refractivity contribution in [3.05, 3.63) is 113 Å². The Hall–Kier alpha value is -3.98. The average molecular weight is 579 g/mol. The first-order valence-electron chi connectivity index (χ1n) is 15.2. The van der Waals surface area contributed by atoms with Crippen molar-refractivity contribution < 1.29 is 19.1 Å². The summed E-state index contributed by atoms with van der Waals surface area (Å²) < 4.78 is 14.0. The fourth-order valence-corrected chi connectivity index (χ4v) is 7.35. The van der Waals surface area contributed by atoms with Gasteiger partial charge in [0.1, 0.15) is 5.69 Å². The average Bonchev–Trinajstić information content (AvgIpc) is 3.38. The number of benzene rings is 2. The zero-order chi connectivity index (χ0) is 29.6. The minimum Gasteiger partial charge on any atom is -0.349 e. The van der Waals surface area contributed by atoms with Crippen molar-refractivity contribution in [1.29, 1.82) is 0 Å². The van der Waals surface area contributed by atoms with E-state index in [1.165, 1.54) is 0 Å². The highest BCUT2D eigenvalue weighted by Gasteiger charge is 2.41. The maximum absolute atomic E-state index is 14.3. The molecule has 1 aliphatic carbocycles. The Labute approximate surface area is 252 Å². The van der Waals surface area contributed by atoms with Crippen LogP contribution in [-0.2, 0) is 27.4 Å². The van der Waals surface area contributed by atoms with Gasteiger partial charge in [0.2, 0.25) is 0 Å². The van der Waals surface area contributed by atoms with E-state index in [4.69, 9.17) is 9.47 Å². The van der Waals surface area contributed by atoms with Crippen LogP contribution in [0.3, 0.4) is 0 Å². The minimum atomic E-state index is -1.13. The van der Waals surface area contributed by atoms with Crippen molar-refractivity contribution in [2.75, 3.05) is 38.8 Å². The van der Waals surface area contributed by atoms with Gasteiger partial charge in [-0.3, -0.25) is 9.59 Å². The zero-order valence-corrected chi connectivity index (χ0v) is 24.7. The van der Waals surface area contributed by atoms with Gasteiger partial charge in [0.15, 0.2) is 5.79 Å². The van der Waals surface area contributed by atoms with Gasteiger partial charge in [-0.2, -0.15) is 0 Å². The summed E-state index contributed by atoms with van der Waals surface area (Å²) in [5.74, 6) is -0.997. The second kappa shape index (κ2) is 11.3. The third kappa shape index (κ3) is 4.93. The molecule has 2 bridgehead atoms. The van der Waals surface area contributed by atoms with Crippen LogP contribution in [0.1, 0.15) is 46.1 Å². The van der Waals surface area contributed by atoms with Gasteiger partial charge in [0.05, 0.1) is 19.0 Å². The van der Waals surface area contributed by atoms with Crippen LogP contribution in [0.5, 0.6) is 0 Å². The highest BCUT2D eigenvalue weighted by molar-refractivity contribution is 6.08. The summed E-state index contributed by atoms with van der Waals surface area (Å²) in [6, 6.07) is 22.0. The number of ether oxygens (including phenoxy) is 2.